The highest BCUT2D eigenvalue weighted by molar-refractivity contribution is 5.82. The Morgan fingerprint density at radius 3 is 2.27 bits per heavy atom. The summed E-state index contributed by atoms with van der Waals surface area (Å²) in [5, 5.41) is 6.45. The molecule has 1 saturated heterocycles. The van der Waals surface area contributed by atoms with E-state index in [-0.39, 0.29) is 11.9 Å². The molecule has 1 amide bonds. The molecule has 0 saturated carbocycles. The van der Waals surface area contributed by atoms with Crippen molar-refractivity contribution in [1.29, 1.82) is 0 Å². The van der Waals surface area contributed by atoms with Crippen LogP contribution >= 0.6 is 0 Å². The maximum atomic E-state index is 11.7. The predicted octanol–water partition coefficient (Wildman–Crippen LogP) is 1.54. The van der Waals surface area contributed by atoms with E-state index in [1.165, 1.54) is 0 Å². The maximum absolute atomic E-state index is 11.7. The summed E-state index contributed by atoms with van der Waals surface area (Å²) in [6.45, 7) is 9.59. The van der Waals surface area contributed by atoms with Crippen LogP contribution in [0.2, 0.25) is 0 Å². The van der Waals surface area contributed by atoms with Gasteiger partial charge in [-0.15, -0.1) is 0 Å². The average molecular weight is 212 g/mol. The number of piperazine rings is 1. The van der Waals surface area contributed by atoms with Crippen molar-refractivity contribution in [1.82, 2.24) is 10.6 Å². The van der Waals surface area contributed by atoms with Crippen molar-refractivity contribution in [3.63, 3.8) is 0 Å². The van der Waals surface area contributed by atoms with Crippen molar-refractivity contribution < 1.29 is 4.79 Å². The molecule has 3 nitrogen and oxygen atoms in total. The lowest BCUT2D eigenvalue weighted by molar-refractivity contribution is -0.126. The molecule has 1 aliphatic heterocycles. The number of nitrogens with one attached hydrogen (secondary N) is 2. The summed E-state index contributed by atoms with van der Waals surface area (Å²) in [4.78, 5) is 11.7. The van der Waals surface area contributed by atoms with Crippen LogP contribution in [0.5, 0.6) is 0 Å². The molecule has 0 unspecified atom stereocenters. The van der Waals surface area contributed by atoms with Gasteiger partial charge in [0.15, 0.2) is 0 Å². The van der Waals surface area contributed by atoms with Crippen molar-refractivity contribution in [2.24, 2.45) is 11.8 Å². The smallest absolute Gasteiger partial charge is 0.237 e. The first-order valence-electron chi connectivity index (χ1n) is 6.02. The van der Waals surface area contributed by atoms with Crippen LogP contribution in [0, 0.1) is 11.8 Å². The van der Waals surface area contributed by atoms with Crippen molar-refractivity contribution in [3.05, 3.63) is 0 Å². The van der Waals surface area contributed by atoms with Gasteiger partial charge in [0.1, 0.15) is 0 Å². The zero-order valence-corrected chi connectivity index (χ0v) is 10.3. The monoisotopic (exact) mass is 212 g/mol. The SMILES string of the molecule is CC(C)C[C@@H]1CN[C@@H](CC(C)C)C(=O)N1. The second kappa shape index (κ2) is 5.50. The third kappa shape index (κ3) is 4.20. The summed E-state index contributed by atoms with van der Waals surface area (Å²) >= 11 is 0. The van der Waals surface area contributed by atoms with Gasteiger partial charge >= 0.3 is 0 Å². The molecular formula is C12H24N2O. The van der Waals surface area contributed by atoms with E-state index in [9.17, 15) is 4.79 Å². The highest BCUT2D eigenvalue weighted by Gasteiger charge is 2.27. The van der Waals surface area contributed by atoms with Crippen LogP contribution in [0.15, 0.2) is 0 Å². The predicted molar refractivity (Wildman–Crippen MR) is 62.6 cm³/mol. The Morgan fingerprint density at radius 1 is 1.20 bits per heavy atom. The van der Waals surface area contributed by atoms with Gasteiger partial charge in [0.05, 0.1) is 6.04 Å². The standard InChI is InChI=1S/C12H24N2O/c1-8(2)5-10-7-13-11(6-9(3)4)12(15)14-10/h8-11,13H,5-7H2,1-4H3,(H,14,15)/t10-,11+/m1/s1. The third-order valence-corrected chi connectivity index (χ3v) is 2.74. The zero-order valence-electron chi connectivity index (χ0n) is 10.3. The summed E-state index contributed by atoms with van der Waals surface area (Å²) in [6.07, 6.45) is 1.99. The average Bonchev–Trinajstić information content (AvgIpc) is 2.08. The minimum absolute atomic E-state index is 0.0217. The molecular weight excluding hydrogens is 188 g/mol. The fourth-order valence-electron chi connectivity index (χ4n) is 2.10. The maximum Gasteiger partial charge on any atom is 0.237 e. The number of carbonyl (C=O) groups is 1. The molecule has 1 aliphatic rings. The van der Waals surface area contributed by atoms with E-state index in [0.717, 1.165) is 19.4 Å². The van der Waals surface area contributed by atoms with E-state index < -0.39 is 0 Å². The van der Waals surface area contributed by atoms with Crippen LogP contribution in [0.4, 0.5) is 0 Å². The summed E-state index contributed by atoms with van der Waals surface area (Å²) in [5.41, 5.74) is 0. The Labute approximate surface area is 93.0 Å². The number of carbonyl (C=O) groups excluding carboxylic acids is 1. The lowest BCUT2D eigenvalue weighted by atomic mass is 9.97. The van der Waals surface area contributed by atoms with Gasteiger partial charge in [0.25, 0.3) is 0 Å². The van der Waals surface area contributed by atoms with Crippen molar-refractivity contribution in [2.75, 3.05) is 6.54 Å². The molecule has 0 aromatic rings. The molecule has 88 valence electrons. The normalized spacial score (nSPS) is 27.2. The van der Waals surface area contributed by atoms with Gasteiger partial charge in [-0.3, -0.25) is 4.79 Å². The minimum Gasteiger partial charge on any atom is -0.351 e. The molecule has 3 heteroatoms. The lowest BCUT2D eigenvalue weighted by Crippen LogP contribution is -2.58. The summed E-state index contributed by atoms with van der Waals surface area (Å²) in [7, 11) is 0. The molecule has 0 radical (unpaired) electrons. The highest BCUT2D eigenvalue weighted by Crippen LogP contribution is 2.11. The van der Waals surface area contributed by atoms with Gasteiger partial charge in [0.2, 0.25) is 5.91 Å². The van der Waals surface area contributed by atoms with Crippen LogP contribution in [0.3, 0.4) is 0 Å². The second-order valence-electron chi connectivity index (χ2n) is 5.43. The Morgan fingerprint density at radius 2 is 1.80 bits per heavy atom. The molecule has 1 rings (SSSR count). The quantitative estimate of drug-likeness (QED) is 0.742. The highest BCUT2D eigenvalue weighted by atomic mass is 16.2. The first kappa shape index (κ1) is 12.5. The summed E-state index contributed by atoms with van der Waals surface area (Å²) < 4.78 is 0. The Hall–Kier alpha value is -0.570. The molecule has 2 atom stereocenters. The third-order valence-electron chi connectivity index (χ3n) is 2.74. The number of amides is 1. The number of hydrogen-bond donors (Lipinski definition) is 2. The molecule has 1 heterocycles. The van der Waals surface area contributed by atoms with E-state index in [0.29, 0.717) is 17.9 Å². The first-order valence-corrected chi connectivity index (χ1v) is 6.02. The van der Waals surface area contributed by atoms with Gasteiger partial charge in [0, 0.05) is 12.6 Å². The summed E-state index contributed by atoms with van der Waals surface area (Å²) in [6, 6.07) is 0.342. The van der Waals surface area contributed by atoms with Crippen LogP contribution in [-0.4, -0.2) is 24.5 Å². The van der Waals surface area contributed by atoms with Gasteiger partial charge in [-0.1, -0.05) is 27.7 Å². The lowest BCUT2D eigenvalue weighted by Gasteiger charge is -2.32. The molecule has 0 bridgehead atoms. The Kier molecular flexibility index (Phi) is 4.58. The van der Waals surface area contributed by atoms with Gasteiger partial charge in [-0.05, 0) is 24.7 Å². The van der Waals surface area contributed by atoms with E-state index in [1.54, 1.807) is 0 Å². The van der Waals surface area contributed by atoms with Crippen LogP contribution in [0.1, 0.15) is 40.5 Å². The molecule has 0 aliphatic carbocycles. The topological polar surface area (TPSA) is 41.1 Å². The number of rotatable bonds is 4. The first-order chi connectivity index (χ1) is 6.99. The fraction of sp³-hybridized carbons (Fsp3) is 0.917. The van der Waals surface area contributed by atoms with Crippen LogP contribution in [-0.2, 0) is 4.79 Å². The number of hydrogen-bond acceptors (Lipinski definition) is 2. The van der Waals surface area contributed by atoms with Crippen molar-refractivity contribution in [2.45, 2.75) is 52.6 Å². The molecule has 2 N–H and O–H groups in total. The van der Waals surface area contributed by atoms with Crippen molar-refractivity contribution >= 4 is 5.91 Å². The zero-order chi connectivity index (χ0) is 11.4. The molecule has 0 aromatic heterocycles. The van der Waals surface area contributed by atoms with Gasteiger partial charge in [-0.2, -0.15) is 0 Å². The Balaban J connectivity index is 2.37. The van der Waals surface area contributed by atoms with E-state index in [4.69, 9.17) is 0 Å². The second-order valence-corrected chi connectivity index (χ2v) is 5.43. The van der Waals surface area contributed by atoms with E-state index >= 15 is 0 Å². The Bertz CT molecular complexity index is 214. The molecule has 15 heavy (non-hydrogen) atoms. The molecule has 1 fully saturated rings. The van der Waals surface area contributed by atoms with E-state index in [2.05, 4.69) is 38.3 Å². The largest absolute Gasteiger partial charge is 0.351 e. The van der Waals surface area contributed by atoms with E-state index in [1.807, 2.05) is 0 Å². The summed E-state index contributed by atoms with van der Waals surface area (Å²) in [5.74, 6) is 1.38. The molecule has 0 aromatic carbocycles. The van der Waals surface area contributed by atoms with Crippen molar-refractivity contribution in [3.8, 4) is 0 Å². The molecule has 0 spiro atoms. The minimum atomic E-state index is 0.0217. The van der Waals surface area contributed by atoms with Crippen LogP contribution in [0.25, 0.3) is 0 Å². The van der Waals surface area contributed by atoms with Crippen LogP contribution < -0.4 is 10.6 Å². The van der Waals surface area contributed by atoms with Gasteiger partial charge in [-0.25, -0.2) is 0 Å². The fourth-order valence-corrected chi connectivity index (χ4v) is 2.10. The van der Waals surface area contributed by atoms with Gasteiger partial charge < -0.3 is 10.6 Å².